The van der Waals surface area contributed by atoms with Crippen LogP contribution in [0.1, 0.15) is 5.56 Å². The Labute approximate surface area is 92.7 Å². The lowest BCUT2D eigenvalue weighted by molar-refractivity contribution is 0.307. The molecule has 82 valence electrons. The molecule has 0 spiro atoms. The lowest BCUT2D eigenvalue weighted by Crippen LogP contribution is -1.99. The molecule has 3 nitrogen and oxygen atoms in total. The highest BCUT2D eigenvalue weighted by atomic mass is 19.1. The summed E-state index contributed by atoms with van der Waals surface area (Å²) in [6.07, 6.45) is 1.60. The third kappa shape index (κ3) is 2.48. The van der Waals surface area contributed by atoms with E-state index < -0.39 is 0 Å². The van der Waals surface area contributed by atoms with Gasteiger partial charge < -0.3 is 10.5 Å². The zero-order chi connectivity index (χ0) is 11.4. The molecule has 0 aliphatic rings. The summed E-state index contributed by atoms with van der Waals surface area (Å²) >= 11 is 0. The van der Waals surface area contributed by atoms with Gasteiger partial charge in [0, 0.05) is 6.20 Å². The van der Waals surface area contributed by atoms with Crippen molar-refractivity contribution < 1.29 is 9.13 Å². The van der Waals surface area contributed by atoms with E-state index in [2.05, 4.69) is 4.98 Å². The first kappa shape index (κ1) is 10.4. The Hall–Kier alpha value is -2.10. The highest BCUT2D eigenvalue weighted by molar-refractivity contribution is 5.44. The van der Waals surface area contributed by atoms with Gasteiger partial charge in [-0.3, -0.25) is 0 Å². The van der Waals surface area contributed by atoms with Crippen LogP contribution in [0.2, 0.25) is 0 Å². The largest absolute Gasteiger partial charge is 0.485 e. The molecule has 1 aromatic carbocycles. The van der Waals surface area contributed by atoms with Crippen LogP contribution in [0.15, 0.2) is 42.6 Å². The third-order valence-electron chi connectivity index (χ3n) is 2.11. The monoisotopic (exact) mass is 218 g/mol. The van der Waals surface area contributed by atoms with Gasteiger partial charge in [-0.05, 0) is 29.8 Å². The van der Waals surface area contributed by atoms with Crippen molar-refractivity contribution in [2.75, 3.05) is 5.73 Å². The number of pyridine rings is 1. The van der Waals surface area contributed by atoms with Gasteiger partial charge in [-0.1, -0.05) is 12.1 Å². The fraction of sp³-hybridized carbons (Fsp3) is 0.0833. The quantitative estimate of drug-likeness (QED) is 0.860. The van der Waals surface area contributed by atoms with E-state index in [1.165, 1.54) is 12.1 Å². The molecule has 0 aliphatic heterocycles. The predicted octanol–water partition coefficient (Wildman–Crippen LogP) is 2.38. The smallest absolute Gasteiger partial charge is 0.166 e. The van der Waals surface area contributed by atoms with Crippen molar-refractivity contribution in [3.8, 4) is 5.75 Å². The van der Waals surface area contributed by atoms with Crippen molar-refractivity contribution in [3.05, 3.63) is 54.0 Å². The molecule has 0 aliphatic carbocycles. The number of ether oxygens (including phenoxy) is 1. The Morgan fingerprint density at radius 1 is 1.19 bits per heavy atom. The molecule has 0 atom stereocenters. The second-order valence-electron chi connectivity index (χ2n) is 3.30. The van der Waals surface area contributed by atoms with E-state index >= 15 is 0 Å². The molecule has 0 amide bonds. The standard InChI is InChI=1S/C12H11FN2O/c13-10-5-3-9(4-6-10)8-16-11-2-1-7-15-12(11)14/h1-7H,8H2,(H2,14,15). The van der Waals surface area contributed by atoms with Crippen LogP contribution < -0.4 is 10.5 Å². The number of nitrogens with two attached hydrogens (primary N) is 1. The number of aromatic nitrogens is 1. The van der Waals surface area contributed by atoms with Crippen LogP contribution in [0.25, 0.3) is 0 Å². The van der Waals surface area contributed by atoms with E-state index in [1.807, 2.05) is 0 Å². The Morgan fingerprint density at radius 2 is 1.94 bits per heavy atom. The van der Waals surface area contributed by atoms with Crippen LogP contribution in [0.5, 0.6) is 5.75 Å². The summed E-state index contributed by atoms with van der Waals surface area (Å²) in [5, 5.41) is 0. The highest BCUT2D eigenvalue weighted by Gasteiger charge is 2.00. The van der Waals surface area contributed by atoms with Gasteiger partial charge in [-0.15, -0.1) is 0 Å². The third-order valence-corrected chi connectivity index (χ3v) is 2.11. The number of nitrogen functional groups attached to an aromatic ring is 1. The van der Waals surface area contributed by atoms with Gasteiger partial charge in [0.1, 0.15) is 12.4 Å². The maximum Gasteiger partial charge on any atom is 0.166 e. The topological polar surface area (TPSA) is 48.1 Å². The molecule has 0 fully saturated rings. The number of anilines is 1. The van der Waals surface area contributed by atoms with E-state index in [9.17, 15) is 4.39 Å². The van der Waals surface area contributed by atoms with Crippen molar-refractivity contribution in [2.45, 2.75) is 6.61 Å². The summed E-state index contributed by atoms with van der Waals surface area (Å²) in [6, 6.07) is 9.61. The first-order valence-corrected chi connectivity index (χ1v) is 4.83. The predicted molar refractivity (Wildman–Crippen MR) is 59.4 cm³/mol. The normalized spacial score (nSPS) is 10.1. The molecule has 1 heterocycles. The first-order valence-electron chi connectivity index (χ1n) is 4.83. The molecule has 16 heavy (non-hydrogen) atoms. The zero-order valence-electron chi connectivity index (χ0n) is 8.56. The van der Waals surface area contributed by atoms with Crippen LogP contribution in [0.3, 0.4) is 0 Å². The van der Waals surface area contributed by atoms with Crippen molar-refractivity contribution in [1.29, 1.82) is 0 Å². The lowest BCUT2D eigenvalue weighted by Gasteiger charge is -2.07. The van der Waals surface area contributed by atoms with Gasteiger partial charge in [0.15, 0.2) is 11.6 Å². The molecule has 0 bridgehead atoms. The Morgan fingerprint density at radius 3 is 2.62 bits per heavy atom. The molecule has 2 N–H and O–H groups in total. The van der Waals surface area contributed by atoms with Crippen LogP contribution >= 0.6 is 0 Å². The minimum atomic E-state index is -0.260. The number of hydrogen-bond donors (Lipinski definition) is 1. The average molecular weight is 218 g/mol. The van der Waals surface area contributed by atoms with Gasteiger partial charge in [-0.25, -0.2) is 9.37 Å². The van der Waals surface area contributed by atoms with Crippen molar-refractivity contribution in [2.24, 2.45) is 0 Å². The molecule has 1 aromatic heterocycles. The molecule has 2 rings (SSSR count). The summed E-state index contributed by atoms with van der Waals surface area (Å²) in [4.78, 5) is 3.90. The summed E-state index contributed by atoms with van der Waals surface area (Å²) < 4.78 is 18.1. The SMILES string of the molecule is Nc1ncccc1OCc1ccc(F)cc1. The number of halogens is 1. The summed E-state index contributed by atoms with van der Waals surface area (Å²) in [6.45, 7) is 0.343. The molecule has 0 saturated carbocycles. The average Bonchev–Trinajstić information content (AvgIpc) is 2.30. The van der Waals surface area contributed by atoms with Gasteiger partial charge in [-0.2, -0.15) is 0 Å². The van der Waals surface area contributed by atoms with E-state index in [4.69, 9.17) is 10.5 Å². The van der Waals surface area contributed by atoms with Gasteiger partial charge in [0.05, 0.1) is 0 Å². The van der Waals surface area contributed by atoms with Crippen molar-refractivity contribution >= 4 is 5.82 Å². The van der Waals surface area contributed by atoms with E-state index in [0.717, 1.165) is 5.56 Å². The zero-order valence-corrected chi connectivity index (χ0v) is 8.56. The minimum absolute atomic E-state index is 0.260. The van der Waals surface area contributed by atoms with Gasteiger partial charge in [0.25, 0.3) is 0 Å². The molecule has 0 radical (unpaired) electrons. The fourth-order valence-corrected chi connectivity index (χ4v) is 1.27. The summed E-state index contributed by atoms with van der Waals surface area (Å²) in [5.41, 5.74) is 6.49. The van der Waals surface area contributed by atoms with Crippen molar-refractivity contribution in [1.82, 2.24) is 4.98 Å². The Balaban J connectivity index is 2.02. The van der Waals surface area contributed by atoms with Crippen LogP contribution in [0, 0.1) is 5.82 Å². The summed E-state index contributed by atoms with van der Waals surface area (Å²) in [7, 11) is 0. The maximum atomic E-state index is 12.6. The van der Waals surface area contributed by atoms with E-state index in [-0.39, 0.29) is 5.82 Å². The Bertz CT molecular complexity index is 471. The van der Waals surface area contributed by atoms with Crippen molar-refractivity contribution in [3.63, 3.8) is 0 Å². The number of rotatable bonds is 3. The second kappa shape index (κ2) is 4.61. The van der Waals surface area contributed by atoms with Crippen LogP contribution in [-0.2, 0) is 6.61 Å². The van der Waals surface area contributed by atoms with Gasteiger partial charge >= 0.3 is 0 Å². The summed E-state index contributed by atoms with van der Waals surface area (Å²) in [5.74, 6) is 0.626. The lowest BCUT2D eigenvalue weighted by atomic mass is 10.2. The second-order valence-corrected chi connectivity index (χ2v) is 3.30. The number of hydrogen-bond acceptors (Lipinski definition) is 3. The number of nitrogens with zero attached hydrogens (tertiary/aromatic N) is 1. The molecule has 0 saturated heterocycles. The van der Waals surface area contributed by atoms with E-state index in [0.29, 0.717) is 18.2 Å². The molecule has 4 heteroatoms. The Kier molecular flexibility index (Phi) is 3.00. The van der Waals surface area contributed by atoms with Gasteiger partial charge in [0.2, 0.25) is 0 Å². The first-order chi connectivity index (χ1) is 7.75. The number of benzene rings is 1. The molecule has 0 unspecified atom stereocenters. The highest BCUT2D eigenvalue weighted by Crippen LogP contribution is 2.18. The fourth-order valence-electron chi connectivity index (χ4n) is 1.27. The maximum absolute atomic E-state index is 12.6. The molecular formula is C12H11FN2O. The van der Waals surface area contributed by atoms with Crippen LogP contribution in [-0.4, -0.2) is 4.98 Å². The molecule has 2 aromatic rings. The minimum Gasteiger partial charge on any atom is -0.485 e. The molecular weight excluding hydrogens is 207 g/mol. The van der Waals surface area contributed by atoms with E-state index in [1.54, 1.807) is 30.5 Å². The van der Waals surface area contributed by atoms with Crippen LogP contribution in [0.4, 0.5) is 10.2 Å².